The largest absolute Gasteiger partial charge is 0.404 e. The molecule has 2 aromatic rings. The molecule has 30 heavy (non-hydrogen) atoms. The van der Waals surface area contributed by atoms with Gasteiger partial charge < -0.3 is 15.8 Å². The van der Waals surface area contributed by atoms with Gasteiger partial charge in [0.25, 0.3) is 0 Å². The van der Waals surface area contributed by atoms with Crippen LogP contribution in [-0.4, -0.2) is 66.5 Å². The van der Waals surface area contributed by atoms with Crippen molar-refractivity contribution in [1.29, 1.82) is 0 Å². The van der Waals surface area contributed by atoms with Gasteiger partial charge in [-0.25, -0.2) is 9.97 Å². The lowest BCUT2D eigenvalue weighted by Crippen LogP contribution is -2.46. The number of aliphatic imine (C=N–C) groups is 1. The van der Waals surface area contributed by atoms with Gasteiger partial charge in [-0.2, -0.15) is 0 Å². The molecule has 7 nitrogen and oxygen atoms in total. The zero-order chi connectivity index (χ0) is 20.9. The quantitative estimate of drug-likeness (QED) is 0.740. The fraction of sp³-hybridized carbons (Fsp3) is 0.522. The average molecular weight is 409 g/mol. The maximum absolute atomic E-state index is 5.85. The van der Waals surface area contributed by atoms with Crippen LogP contribution in [0.2, 0.25) is 0 Å². The number of nitrogens with two attached hydrogens (primary N) is 1. The van der Waals surface area contributed by atoms with Gasteiger partial charge in [-0.05, 0) is 49.8 Å². The van der Waals surface area contributed by atoms with Crippen molar-refractivity contribution in [3.63, 3.8) is 0 Å². The van der Waals surface area contributed by atoms with E-state index in [1.54, 1.807) is 25.8 Å². The van der Waals surface area contributed by atoms with Crippen molar-refractivity contribution in [1.82, 2.24) is 14.9 Å². The highest BCUT2D eigenvalue weighted by Crippen LogP contribution is 2.32. The van der Waals surface area contributed by atoms with Crippen LogP contribution in [0, 0.1) is 6.92 Å². The van der Waals surface area contributed by atoms with E-state index in [9.17, 15) is 0 Å². The minimum absolute atomic E-state index is 0.435. The normalized spacial score (nSPS) is 23.9. The first-order valence-corrected chi connectivity index (χ1v) is 10.9. The number of morpholine rings is 1. The molecule has 0 atom stereocenters. The summed E-state index contributed by atoms with van der Waals surface area (Å²) in [5.74, 6) is 0.916. The van der Waals surface area contributed by atoms with Crippen molar-refractivity contribution in [2.24, 2.45) is 10.7 Å². The first kappa shape index (κ1) is 20.8. The van der Waals surface area contributed by atoms with Crippen LogP contribution >= 0.6 is 0 Å². The van der Waals surface area contributed by atoms with E-state index in [1.165, 1.54) is 12.8 Å². The molecule has 1 aromatic carbocycles. The highest BCUT2D eigenvalue weighted by Gasteiger charge is 2.27. The molecule has 2 aliphatic rings. The molecule has 0 spiro atoms. The Morgan fingerprint density at radius 1 is 1.20 bits per heavy atom. The minimum Gasteiger partial charge on any atom is -0.404 e. The van der Waals surface area contributed by atoms with Gasteiger partial charge >= 0.3 is 0 Å². The van der Waals surface area contributed by atoms with E-state index >= 15 is 0 Å². The smallest absolute Gasteiger partial charge is 0.137 e. The molecule has 0 bridgehead atoms. The Labute approximate surface area is 178 Å². The van der Waals surface area contributed by atoms with Gasteiger partial charge in [0.2, 0.25) is 0 Å². The molecule has 2 fully saturated rings. The van der Waals surface area contributed by atoms with Crippen molar-refractivity contribution in [2.75, 3.05) is 38.7 Å². The second-order valence-corrected chi connectivity index (χ2v) is 8.16. The fourth-order valence-electron chi connectivity index (χ4n) is 4.80. The Bertz CT molecular complexity index is 927. The Kier molecular flexibility index (Phi) is 6.59. The highest BCUT2D eigenvalue weighted by atomic mass is 16.5. The topological polar surface area (TPSA) is 88.7 Å². The van der Waals surface area contributed by atoms with Crippen LogP contribution in [0.5, 0.6) is 0 Å². The molecule has 2 heterocycles. The van der Waals surface area contributed by atoms with Crippen molar-refractivity contribution in [3.05, 3.63) is 35.8 Å². The van der Waals surface area contributed by atoms with Crippen LogP contribution in [-0.2, 0) is 4.74 Å². The molecule has 1 aliphatic heterocycles. The second-order valence-electron chi connectivity index (χ2n) is 8.16. The van der Waals surface area contributed by atoms with Crippen LogP contribution in [0.25, 0.3) is 16.5 Å². The van der Waals surface area contributed by atoms with Crippen LogP contribution in [0.4, 0.5) is 5.82 Å². The molecule has 160 valence electrons. The number of fused-ring (bicyclic) bond motifs is 1. The molecule has 1 saturated heterocycles. The van der Waals surface area contributed by atoms with E-state index in [2.05, 4.69) is 38.2 Å². The Balaban J connectivity index is 1.53. The number of nitrogens with one attached hydrogen (secondary N) is 1. The lowest BCUT2D eigenvalue weighted by Gasteiger charge is -2.39. The van der Waals surface area contributed by atoms with Crippen molar-refractivity contribution in [3.8, 4) is 0 Å². The van der Waals surface area contributed by atoms with E-state index < -0.39 is 0 Å². The van der Waals surface area contributed by atoms with Crippen LogP contribution in [0.1, 0.15) is 36.8 Å². The number of allylic oxidation sites excluding steroid dienone is 1. The summed E-state index contributed by atoms with van der Waals surface area (Å²) in [5.41, 5.74) is 9.88. The molecule has 7 heteroatoms. The van der Waals surface area contributed by atoms with E-state index in [0.717, 1.165) is 72.6 Å². The minimum atomic E-state index is 0.435. The molecule has 1 saturated carbocycles. The maximum atomic E-state index is 5.85. The van der Waals surface area contributed by atoms with Gasteiger partial charge in [-0.15, -0.1) is 0 Å². The highest BCUT2D eigenvalue weighted by molar-refractivity contribution is 6.12. The van der Waals surface area contributed by atoms with Gasteiger partial charge in [0.1, 0.15) is 12.1 Å². The molecule has 0 radical (unpaired) electrons. The zero-order valence-electron chi connectivity index (χ0n) is 18.0. The van der Waals surface area contributed by atoms with E-state index in [1.807, 2.05) is 6.07 Å². The van der Waals surface area contributed by atoms with E-state index in [4.69, 9.17) is 10.5 Å². The third kappa shape index (κ3) is 4.32. The number of hydrogen-bond acceptors (Lipinski definition) is 7. The monoisotopic (exact) mass is 408 g/mol. The summed E-state index contributed by atoms with van der Waals surface area (Å²) < 4.78 is 5.50. The van der Waals surface area contributed by atoms with E-state index in [-0.39, 0.29) is 0 Å². The second kappa shape index (κ2) is 9.53. The number of aryl methyl sites for hydroxylation is 1. The average Bonchev–Trinajstić information content (AvgIpc) is 2.79. The number of anilines is 1. The van der Waals surface area contributed by atoms with Gasteiger partial charge in [-0.1, -0.05) is 6.07 Å². The summed E-state index contributed by atoms with van der Waals surface area (Å²) in [6, 6.07) is 5.22. The molecular weight excluding hydrogens is 376 g/mol. The standard InChI is InChI=1S/C23H32N6O/c1-16-20(17(13-24)14-25-2)7-8-21-22(16)23(27-15-26-21)28-18-3-5-19(6-4-18)29-9-11-30-12-10-29/h7-8,13-15,18-19H,3-6,9-12,24H2,1-2H3,(H,26,27,28)/b17-13+,25-14?. The molecule has 1 aliphatic carbocycles. The Hall–Kier alpha value is -2.51. The van der Waals surface area contributed by atoms with Gasteiger partial charge in [-0.3, -0.25) is 9.89 Å². The van der Waals surface area contributed by atoms with Gasteiger partial charge in [0.05, 0.1) is 18.7 Å². The van der Waals surface area contributed by atoms with Gasteiger partial charge in [0.15, 0.2) is 0 Å². The van der Waals surface area contributed by atoms with Crippen LogP contribution in [0.15, 0.2) is 29.7 Å². The molecule has 0 amide bonds. The van der Waals surface area contributed by atoms with Crippen LogP contribution in [0.3, 0.4) is 0 Å². The first-order valence-electron chi connectivity index (χ1n) is 10.9. The summed E-state index contributed by atoms with van der Waals surface area (Å²) in [6.45, 7) is 5.98. The Morgan fingerprint density at radius 2 is 1.97 bits per heavy atom. The predicted molar refractivity (Wildman–Crippen MR) is 123 cm³/mol. The van der Waals surface area contributed by atoms with Crippen molar-refractivity contribution in [2.45, 2.75) is 44.7 Å². The summed E-state index contributed by atoms with van der Waals surface area (Å²) in [4.78, 5) is 15.8. The number of nitrogens with zero attached hydrogens (tertiary/aromatic N) is 4. The van der Waals surface area contributed by atoms with Crippen molar-refractivity contribution < 1.29 is 4.74 Å². The number of hydrogen-bond donors (Lipinski definition) is 2. The van der Waals surface area contributed by atoms with E-state index in [0.29, 0.717) is 12.1 Å². The Morgan fingerprint density at radius 3 is 2.67 bits per heavy atom. The lowest BCUT2D eigenvalue weighted by atomic mass is 9.89. The maximum Gasteiger partial charge on any atom is 0.137 e. The SMILES string of the molecule is CN=C/C(=C\N)c1ccc2ncnc(NC3CCC(N4CCOCC4)CC3)c2c1C. The molecule has 1 aromatic heterocycles. The molecular formula is C23H32N6O. The third-order valence-corrected chi connectivity index (χ3v) is 6.42. The van der Waals surface area contributed by atoms with Gasteiger partial charge in [0, 0.05) is 55.6 Å². The molecule has 0 unspecified atom stereocenters. The summed E-state index contributed by atoms with van der Waals surface area (Å²) >= 11 is 0. The van der Waals surface area contributed by atoms with Crippen molar-refractivity contribution >= 4 is 28.5 Å². The number of rotatable bonds is 5. The summed E-state index contributed by atoms with van der Waals surface area (Å²) in [5, 5.41) is 4.79. The number of ether oxygens (including phenoxy) is 1. The number of benzene rings is 1. The summed E-state index contributed by atoms with van der Waals surface area (Å²) in [6.07, 6.45) is 9.79. The lowest BCUT2D eigenvalue weighted by molar-refractivity contribution is 0.00791. The fourth-order valence-corrected chi connectivity index (χ4v) is 4.80. The zero-order valence-corrected chi connectivity index (χ0v) is 18.0. The first-order chi connectivity index (χ1) is 14.7. The summed E-state index contributed by atoms with van der Waals surface area (Å²) in [7, 11) is 1.75. The third-order valence-electron chi connectivity index (χ3n) is 6.42. The van der Waals surface area contributed by atoms with Crippen LogP contribution < -0.4 is 11.1 Å². The molecule has 3 N–H and O–H groups in total. The number of aromatic nitrogens is 2. The molecule has 4 rings (SSSR count). The predicted octanol–water partition coefficient (Wildman–Crippen LogP) is 2.99.